The van der Waals surface area contributed by atoms with E-state index in [0.29, 0.717) is 12.8 Å². The van der Waals surface area contributed by atoms with Gasteiger partial charge in [0.25, 0.3) is 0 Å². The van der Waals surface area contributed by atoms with Crippen LogP contribution in [0.3, 0.4) is 0 Å². The fraction of sp³-hybridized carbons (Fsp3) is 0.842. The number of carboxylic acids is 1. The maximum Gasteiger partial charge on any atom is 0.311 e. The Morgan fingerprint density at radius 2 is 1.80 bits per heavy atom. The van der Waals surface area contributed by atoms with Gasteiger partial charge in [-0.2, -0.15) is 0 Å². The first kappa shape index (κ1) is 24.5. The summed E-state index contributed by atoms with van der Waals surface area (Å²) in [6, 6.07) is 0. The lowest BCUT2D eigenvalue weighted by Crippen LogP contribution is -2.50. The Balaban J connectivity index is 2.35. The molecule has 1 saturated carbocycles. The van der Waals surface area contributed by atoms with E-state index in [0.717, 1.165) is 25.9 Å². The molecule has 2 rings (SSSR count). The van der Waals surface area contributed by atoms with Gasteiger partial charge in [-0.05, 0) is 64.5 Å². The number of hydrogen-bond acceptors (Lipinski definition) is 6. The van der Waals surface area contributed by atoms with Gasteiger partial charge in [-0.3, -0.25) is 14.4 Å². The highest BCUT2D eigenvalue weighted by atomic mass is 32.2. The highest BCUT2D eigenvalue weighted by Gasteiger charge is 2.72. The van der Waals surface area contributed by atoms with Crippen molar-refractivity contribution < 1.29 is 27.9 Å². The molecule has 7 N–H and O–H groups in total. The Bertz CT molecular complexity index is 766. The zero-order valence-electron chi connectivity index (χ0n) is 17.6. The summed E-state index contributed by atoms with van der Waals surface area (Å²) >= 11 is 0. The van der Waals surface area contributed by atoms with Crippen LogP contribution in [-0.2, 0) is 24.4 Å². The first-order valence-corrected chi connectivity index (χ1v) is 12.0. The minimum atomic E-state index is -3.76. The van der Waals surface area contributed by atoms with Crippen LogP contribution in [0.5, 0.6) is 0 Å². The Labute approximate surface area is 177 Å². The quantitative estimate of drug-likeness (QED) is 0.251. The second-order valence-corrected chi connectivity index (χ2v) is 10.9. The predicted octanol–water partition coefficient (Wildman–Crippen LogP) is -0.468. The number of carbonyl (C=O) groups is 3. The first-order valence-electron chi connectivity index (χ1n) is 10.5. The van der Waals surface area contributed by atoms with E-state index in [9.17, 15) is 27.9 Å². The van der Waals surface area contributed by atoms with Crippen molar-refractivity contribution in [3.63, 3.8) is 0 Å². The monoisotopic (exact) mass is 446 g/mol. The first-order chi connectivity index (χ1) is 13.9. The molecule has 30 heavy (non-hydrogen) atoms. The molecular weight excluding hydrogens is 412 g/mol. The van der Waals surface area contributed by atoms with Crippen molar-refractivity contribution in [2.45, 2.75) is 57.6 Å². The van der Waals surface area contributed by atoms with Crippen molar-refractivity contribution in [3.8, 4) is 0 Å². The van der Waals surface area contributed by atoms with Gasteiger partial charge in [-0.25, -0.2) is 13.1 Å². The van der Waals surface area contributed by atoms with Crippen LogP contribution in [0, 0.1) is 22.7 Å². The summed E-state index contributed by atoms with van der Waals surface area (Å²) < 4.78 is 27.5. The van der Waals surface area contributed by atoms with Gasteiger partial charge in [-0.1, -0.05) is 6.92 Å². The lowest BCUT2D eigenvalue weighted by atomic mass is 9.72. The molecule has 11 heteroatoms. The number of rotatable bonds is 12. The van der Waals surface area contributed by atoms with E-state index < -0.39 is 56.3 Å². The van der Waals surface area contributed by atoms with Crippen LogP contribution in [0.25, 0.3) is 0 Å². The molecule has 0 bridgehead atoms. The van der Waals surface area contributed by atoms with E-state index in [1.54, 1.807) is 6.92 Å². The molecule has 0 aromatic carbocycles. The number of hydrogen-bond donors (Lipinski definition) is 5. The molecule has 1 saturated heterocycles. The fourth-order valence-electron chi connectivity index (χ4n) is 4.54. The molecule has 2 fully saturated rings. The van der Waals surface area contributed by atoms with Crippen molar-refractivity contribution in [1.29, 1.82) is 0 Å². The minimum absolute atomic E-state index is 0.0821. The van der Waals surface area contributed by atoms with E-state index in [-0.39, 0.29) is 18.8 Å². The number of aliphatic carboxylic acids is 1. The van der Waals surface area contributed by atoms with Gasteiger partial charge in [0.2, 0.25) is 21.8 Å². The van der Waals surface area contributed by atoms with Gasteiger partial charge in [0.1, 0.15) is 5.41 Å². The third kappa shape index (κ3) is 4.62. The van der Waals surface area contributed by atoms with Crippen LogP contribution < -0.4 is 21.5 Å². The number of sulfonamides is 1. The zero-order chi connectivity index (χ0) is 22.7. The van der Waals surface area contributed by atoms with E-state index in [4.69, 9.17) is 11.5 Å². The molecule has 172 valence electrons. The van der Waals surface area contributed by atoms with Gasteiger partial charge in [0.05, 0.1) is 10.7 Å². The third-order valence-electron chi connectivity index (χ3n) is 7.08. The van der Waals surface area contributed by atoms with Crippen molar-refractivity contribution in [1.82, 2.24) is 10.0 Å². The van der Waals surface area contributed by atoms with Crippen molar-refractivity contribution >= 4 is 27.8 Å². The van der Waals surface area contributed by atoms with Crippen LogP contribution >= 0.6 is 0 Å². The smallest absolute Gasteiger partial charge is 0.311 e. The topological polar surface area (TPSA) is 182 Å². The Morgan fingerprint density at radius 1 is 1.23 bits per heavy atom. The summed E-state index contributed by atoms with van der Waals surface area (Å²) in [5.41, 5.74) is 7.46. The van der Waals surface area contributed by atoms with E-state index in [1.807, 2.05) is 0 Å². The lowest BCUT2D eigenvalue weighted by molar-refractivity contribution is -0.152. The second-order valence-electron chi connectivity index (χ2n) is 8.73. The molecule has 1 heterocycles. The molecule has 2 aliphatic rings. The number of carbonyl (C=O) groups excluding carboxylic acids is 2. The molecule has 0 spiro atoms. The molecular formula is C19H34N4O6S. The molecule has 1 aliphatic heterocycles. The number of carboxylic acid groups (broad SMARTS) is 1. The molecule has 3 atom stereocenters. The van der Waals surface area contributed by atoms with Crippen LogP contribution in [0.4, 0.5) is 0 Å². The molecule has 2 amide bonds. The molecule has 0 aromatic rings. The SMILES string of the molecule is CC[C@H](C)S(=O)(=O)NCC(CCC1CCNCC1)(C(=O)O)C1CC1(C(N)=O)C(N)=O. The lowest BCUT2D eigenvalue weighted by Gasteiger charge is -2.34. The van der Waals surface area contributed by atoms with Gasteiger partial charge < -0.3 is 21.9 Å². The van der Waals surface area contributed by atoms with E-state index in [2.05, 4.69) is 10.0 Å². The molecule has 10 nitrogen and oxygen atoms in total. The fourth-order valence-corrected chi connectivity index (χ4v) is 5.72. The average molecular weight is 447 g/mol. The highest BCUT2D eigenvalue weighted by molar-refractivity contribution is 7.90. The Morgan fingerprint density at radius 3 is 2.23 bits per heavy atom. The van der Waals surface area contributed by atoms with Crippen molar-refractivity contribution in [2.24, 2.45) is 34.1 Å². The van der Waals surface area contributed by atoms with Crippen LogP contribution in [0.2, 0.25) is 0 Å². The second kappa shape index (κ2) is 9.19. The van der Waals surface area contributed by atoms with Crippen LogP contribution in [0.15, 0.2) is 0 Å². The number of piperidine rings is 1. The summed E-state index contributed by atoms with van der Waals surface area (Å²) in [6.45, 7) is 4.52. The Hall–Kier alpha value is -1.72. The molecule has 1 aliphatic carbocycles. The van der Waals surface area contributed by atoms with Gasteiger partial charge >= 0.3 is 5.97 Å². The minimum Gasteiger partial charge on any atom is -0.481 e. The number of primary amides is 2. The standard InChI is InChI=1S/C19H34N4O6S/c1-3-12(2)30(28,29)23-11-18(17(26)27,7-4-13-5-8-22-9-6-13)14-10-19(14,15(20)24)16(21)25/h12-14,22-23H,3-11H2,1-2H3,(H2,20,24)(H2,21,25)(H,26,27)/t12-,14?,18?/m0/s1. The van der Waals surface area contributed by atoms with Crippen LogP contribution in [-0.4, -0.2) is 56.2 Å². The maximum absolute atomic E-state index is 12.5. The Kier molecular flexibility index (Phi) is 7.52. The highest BCUT2D eigenvalue weighted by Crippen LogP contribution is 2.62. The summed E-state index contributed by atoms with van der Waals surface area (Å²) in [4.78, 5) is 36.6. The van der Waals surface area contributed by atoms with Crippen LogP contribution in [0.1, 0.15) is 52.4 Å². The third-order valence-corrected chi connectivity index (χ3v) is 9.02. The number of nitrogens with two attached hydrogens (primary N) is 2. The summed E-state index contributed by atoms with van der Waals surface area (Å²) in [7, 11) is -3.76. The number of nitrogens with one attached hydrogen (secondary N) is 2. The van der Waals surface area contributed by atoms with Crippen molar-refractivity contribution in [2.75, 3.05) is 19.6 Å². The van der Waals surface area contributed by atoms with Crippen molar-refractivity contribution in [3.05, 3.63) is 0 Å². The van der Waals surface area contributed by atoms with E-state index >= 15 is 0 Å². The largest absolute Gasteiger partial charge is 0.481 e. The molecule has 0 aromatic heterocycles. The zero-order valence-corrected chi connectivity index (χ0v) is 18.5. The van der Waals surface area contributed by atoms with Gasteiger partial charge in [0.15, 0.2) is 0 Å². The van der Waals surface area contributed by atoms with E-state index in [1.165, 1.54) is 6.92 Å². The normalized spacial score (nSPS) is 24.5. The summed E-state index contributed by atoms with van der Waals surface area (Å²) in [5.74, 6) is -3.84. The summed E-state index contributed by atoms with van der Waals surface area (Å²) in [5, 5.41) is 12.7. The predicted molar refractivity (Wildman–Crippen MR) is 111 cm³/mol. The summed E-state index contributed by atoms with van der Waals surface area (Å²) in [6.07, 6.45) is 2.72. The molecule has 2 unspecified atom stereocenters. The maximum atomic E-state index is 12.5. The van der Waals surface area contributed by atoms with Gasteiger partial charge in [-0.15, -0.1) is 0 Å². The van der Waals surface area contributed by atoms with Gasteiger partial charge in [0, 0.05) is 12.5 Å². The number of amides is 2. The average Bonchev–Trinajstić information content (AvgIpc) is 3.46. The molecule has 0 radical (unpaired) electrons.